The molecule has 2 aliphatic heterocycles. The lowest BCUT2D eigenvalue weighted by Gasteiger charge is -2.47. The van der Waals surface area contributed by atoms with Crippen molar-refractivity contribution in [2.24, 2.45) is 0 Å². The Morgan fingerprint density at radius 3 is 3.05 bits per heavy atom. The number of nitrogens with zero attached hydrogens (tertiary/aromatic N) is 4. The maximum Gasteiger partial charge on any atom is 0.149 e. The van der Waals surface area contributed by atoms with E-state index in [2.05, 4.69) is 33.9 Å². The lowest BCUT2D eigenvalue weighted by Crippen LogP contribution is -2.59. The number of fused-ring (bicyclic) bond motifs is 1. The van der Waals surface area contributed by atoms with E-state index < -0.39 is 0 Å². The van der Waals surface area contributed by atoms with Gasteiger partial charge in [0.25, 0.3) is 0 Å². The second kappa shape index (κ2) is 5.95. The summed E-state index contributed by atoms with van der Waals surface area (Å²) >= 11 is 0. The second-order valence-electron chi connectivity index (χ2n) is 5.94. The van der Waals surface area contributed by atoms with Gasteiger partial charge in [0.2, 0.25) is 0 Å². The fourth-order valence-corrected chi connectivity index (χ4v) is 3.43. The van der Waals surface area contributed by atoms with Crippen LogP contribution in [0.4, 0.5) is 11.6 Å². The molecule has 0 radical (unpaired) electrons. The summed E-state index contributed by atoms with van der Waals surface area (Å²) in [6.07, 6.45) is 7.75. The number of nitrogens with one attached hydrogen (secondary N) is 1. The predicted molar refractivity (Wildman–Crippen MR) is 82.2 cm³/mol. The number of piperazine rings is 1. The van der Waals surface area contributed by atoms with Crippen LogP contribution in [0.3, 0.4) is 0 Å². The Kier molecular flexibility index (Phi) is 4.05. The maximum atomic E-state index is 4.71. The van der Waals surface area contributed by atoms with E-state index in [1.54, 1.807) is 6.20 Å². The molecule has 2 unspecified atom stereocenters. The second-order valence-corrected chi connectivity index (χ2v) is 5.94. The van der Waals surface area contributed by atoms with Crippen molar-refractivity contribution in [3.05, 3.63) is 12.4 Å². The number of aromatic nitrogens is 2. The highest BCUT2D eigenvalue weighted by Crippen LogP contribution is 2.27. The molecule has 2 atom stereocenters. The molecule has 0 aliphatic carbocycles. The molecule has 5 heteroatoms. The van der Waals surface area contributed by atoms with E-state index >= 15 is 0 Å². The molecule has 2 aliphatic rings. The summed E-state index contributed by atoms with van der Waals surface area (Å²) in [4.78, 5) is 14.1. The van der Waals surface area contributed by atoms with Crippen LogP contribution in [0.5, 0.6) is 0 Å². The third kappa shape index (κ3) is 2.73. The minimum absolute atomic E-state index is 0.510. The van der Waals surface area contributed by atoms with E-state index in [4.69, 9.17) is 4.98 Å². The third-order valence-electron chi connectivity index (χ3n) is 4.46. The first kappa shape index (κ1) is 13.6. The molecule has 20 heavy (non-hydrogen) atoms. The molecule has 3 heterocycles. The first-order valence-corrected chi connectivity index (χ1v) is 7.84. The van der Waals surface area contributed by atoms with Gasteiger partial charge in [0.15, 0.2) is 0 Å². The van der Waals surface area contributed by atoms with E-state index in [1.165, 1.54) is 25.8 Å². The molecular weight excluding hydrogens is 250 g/mol. The van der Waals surface area contributed by atoms with Crippen molar-refractivity contribution in [2.75, 3.05) is 36.4 Å². The van der Waals surface area contributed by atoms with Crippen molar-refractivity contribution in [2.45, 2.75) is 45.2 Å². The zero-order chi connectivity index (χ0) is 13.9. The molecule has 0 bridgehead atoms. The van der Waals surface area contributed by atoms with Crippen LogP contribution in [-0.2, 0) is 0 Å². The van der Waals surface area contributed by atoms with Crippen LogP contribution in [-0.4, -0.2) is 53.1 Å². The van der Waals surface area contributed by atoms with Gasteiger partial charge in [-0.15, -0.1) is 0 Å². The van der Waals surface area contributed by atoms with Gasteiger partial charge < -0.3 is 10.2 Å². The molecule has 110 valence electrons. The number of rotatable bonds is 3. The lowest BCUT2D eigenvalue weighted by atomic mass is 9.97. The van der Waals surface area contributed by atoms with Gasteiger partial charge in [-0.05, 0) is 33.2 Å². The Morgan fingerprint density at radius 1 is 1.30 bits per heavy atom. The molecule has 0 saturated carbocycles. The van der Waals surface area contributed by atoms with Gasteiger partial charge in [0.05, 0.1) is 12.4 Å². The SMILES string of the molecule is CCNc1cncc(N2CC3CCCCN3CC2C)n1. The van der Waals surface area contributed by atoms with Gasteiger partial charge in [0, 0.05) is 31.7 Å². The van der Waals surface area contributed by atoms with Crippen molar-refractivity contribution in [3.63, 3.8) is 0 Å². The number of hydrogen-bond donors (Lipinski definition) is 1. The Hall–Kier alpha value is -1.36. The van der Waals surface area contributed by atoms with Gasteiger partial charge in [-0.2, -0.15) is 0 Å². The Morgan fingerprint density at radius 2 is 2.20 bits per heavy atom. The van der Waals surface area contributed by atoms with Crippen LogP contribution < -0.4 is 10.2 Å². The van der Waals surface area contributed by atoms with E-state index in [1.807, 2.05) is 6.20 Å². The average Bonchev–Trinajstić information content (AvgIpc) is 2.47. The topological polar surface area (TPSA) is 44.3 Å². The van der Waals surface area contributed by atoms with Crippen molar-refractivity contribution < 1.29 is 0 Å². The van der Waals surface area contributed by atoms with Gasteiger partial charge in [-0.25, -0.2) is 4.98 Å². The normalized spacial score (nSPS) is 27.2. The zero-order valence-corrected chi connectivity index (χ0v) is 12.5. The molecule has 3 rings (SSSR count). The number of piperidine rings is 1. The molecule has 0 amide bonds. The van der Waals surface area contributed by atoms with Crippen molar-refractivity contribution in [3.8, 4) is 0 Å². The monoisotopic (exact) mass is 275 g/mol. The van der Waals surface area contributed by atoms with E-state index in [9.17, 15) is 0 Å². The largest absolute Gasteiger partial charge is 0.369 e. The van der Waals surface area contributed by atoms with Gasteiger partial charge in [-0.1, -0.05) is 6.42 Å². The quantitative estimate of drug-likeness (QED) is 0.913. The number of hydrogen-bond acceptors (Lipinski definition) is 5. The molecule has 2 saturated heterocycles. The average molecular weight is 275 g/mol. The molecule has 2 fully saturated rings. The first-order valence-electron chi connectivity index (χ1n) is 7.84. The van der Waals surface area contributed by atoms with Gasteiger partial charge >= 0.3 is 0 Å². The molecule has 1 N–H and O–H groups in total. The summed E-state index contributed by atoms with van der Waals surface area (Å²) < 4.78 is 0. The molecule has 1 aromatic rings. The fourth-order valence-electron chi connectivity index (χ4n) is 3.43. The summed E-state index contributed by atoms with van der Waals surface area (Å²) in [5, 5.41) is 3.25. The maximum absolute atomic E-state index is 4.71. The van der Waals surface area contributed by atoms with Crippen LogP contribution in [0.15, 0.2) is 12.4 Å². The summed E-state index contributed by atoms with van der Waals surface area (Å²) in [6, 6.07) is 1.21. The van der Waals surface area contributed by atoms with Crippen LogP contribution in [0.2, 0.25) is 0 Å². The predicted octanol–water partition coefficient (Wildman–Crippen LogP) is 1.97. The minimum Gasteiger partial charge on any atom is -0.369 e. The van der Waals surface area contributed by atoms with E-state index in [0.29, 0.717) is 12.1 Å². The summed E-state index contributed by atoms with van der Waals surface area (Å²) in [7, 11) is 0. The summed E-state index contributed by atoms with van der Waals surface area (Å²) in [5.74, 6) is 1.89. The van der Waals surface area contributed by atoms with Gasteiger partial charge in [0.1, 0.15) is 11.6 Å². The molecule has 0 spiro atoms. The van der Waals surface area contributed by atoms with Crippen molar-refractivity contribution in [1.29, 1.82) is 0 Å². The fraction of sp³-hybridized carbons (Fsp3) is 0.733. The van der Waals surface area contributed by atoms with Crippen LogP contribution >= 0.6 is 0 Å². The Labute approximate surface area is 121 Å². The highest BCUT2D eigenvalue weighted by atomic mass is 15.3. The number of anilines is 2. The standard InChI is InChI=1S/C15H25N5/c1-3-17-14-8-16-9-15(18-14)20-11-13-6-4-5-7-19(13)10-12(20)2/h8-9,12-13H,3-7,10-11H2,1-2H3,(H,17,18). The third-order valence-corrected chi connectivity index (χ3v) is 4.46. The highest BCUT2D eigenvalue weighted by Gasteiger charge is 2.33. The van der Waals surface area contributed by atoms with Crippen molar-refractivity contribution >= 4 is 11.6 Å². The minimum atomic E-state index is 0.510. The summed E-state index contributed by atoms with van der Waals surface area (Å²) in [6.45, 7) is 8.77. The van der Waals surface area contributed by atoms with E-state index in [0.717, 1.165) is 31.3 Å². The van der Waals surface area contributed by atoms with E-state index in [-0.39, 0.29) is 0 Å². The van der Waals surface area contributed by atoms with Crippen LogP contribution in [0, 0.1) is 0 Å². The van der Waals surface area contributed by atoms with Crippen LogP contribution in [0.1, 0.15) is 33.1 Å². The lowest BCUT2D eigenvalue weighted by molar-refractivity contribution is 0.115. The van der Waals surface area contributed by atoms with Crippen LogP contribution in [0.25, 0.3) is 0 Å². The Bertz CT molecular complexity index is 450. The van der Waals surface area contributed by atoms with Crippen molar-refractivity contribution in [1.82, 2.24) is 14.9 Å². The smallest absolute Gasteiger partial charge is 0.149 e. The first-order chi connectivity index (χ1) is 9.78. The summed E-state index contributed by atoms with van der Waals surface area (Å²) in [5.41, 5.74) is 0. The molecule has 0 aromatic carbocycles. The highest BCUT2D eigenvalue weighted by molar-refractivity contribution is 5.45. The Balaban J connectivity index is 1.76. The molecule has 5 nitrogen and oxygen atoms in total. The molecule has 1 aromatic heterocycles. The molecular formula is C15H25N5. The zero-order valence-electron chi connectivity index (χ0n) is 12.5. The van der Waals surface area contributed by atoms with Gasteiger partial charge in [-0.3, -0.25) is 9.88 Å².